The molecule has 3 nitrogen and oxygen atoms in total. The van der Waals surface area contributed by atoms with Crippen molar-refractivity contribution in [1.82, 2.24) is 9.78 Å². The van der Waals surface area contributed by atoms with Gasteiger partial charge in [0.05, 0.1) is 18.3 Å². The van der Waals surface area contributed by atoms with Gasteiger partial charge >= 0.3 is 0 Å². The van der Waals surface area contributed by atoms with E-state index in [4.69, 9.17) is 0 Å². The lowest BCUT2D eigenvalue weighted by Crippen LogP contribution is -1.97. The van der Waals surface area contributed by atoms with Crippen LogP contribution in [0.3, 0.4) is 0 Å². The van der Waals surface area contributed by atoms with E-state index in [1.165, 1.54) is 6.20 Å². The lowest BCUT2D eigenvalue weighted by Gasteiger charge is -1.97. The molecule has 0 aliphatic carbocycles. The van der Waals surface area contributed by atoms with Gasteiger partial charge in [-0.3, -0.25) is 9.48 Å². The van der Waals surface area contributed by atoms with Crippen LogP contribution in [0.1, 0.15) is 17.3 Å². The van der Waals surface area contributed by atoms with E-state index < -0.39 is 0 Å². The number of hydrogen-bond acceptors (Lipinski definition) is 2. The van der Waals surface area contributed by atoms with Crippen LogP contribution in [0.15, 0.2) is 24.5 Å². The minimum Gasteiger partial charge on any atom is -0.298 e. The lowest BCUT2D eigenvalue weighted by molar-refractivity contribution is 0.112. The summed E-state index contributed by atoms with van der Waals surface area (Å²) in [5, 5.41) is 3.95. The summed E-state index contributed by atoms with van der Waals surface area (Å²) in [5.74, 6) is 0. The van der Waals surface area contributed by atoms with Gasteiger partial charge in [0, 0.05) is 6.20 Å². The van der Waals surface area contributed by atoms with Gasteiger partial charge in [-0.2, -0.15) is 5.10 Å². The highest BCUT2D eigenvalue weighted by Gasteiger charge is 1.95. The first-order valence-corrected chi connectivity index (χ1v) is 3.34. The van der Waals surface area contributed by atoms with E-state index in [0.717, 1.165) is 11.9 Å². The van der Waals surface area contributed by atoms with Crippen molar-refractivity contribution < 1.29 is 4.79 Å². The Kier molecular flexibility index (Phi) is 2.21. The number of hydrogen-bond donors (Lipinski definition) is 0. The van der Waals surface area contributed by atoms with E-state index in [1.807, 2.05) is 6.92 Å². The molecular formula is C8H10N2O. The summed E-state index contributed by atoms with van der Waals surface area (Å²) < 4.78 is 1.69. The van der Waals surface area contributed by atoms with Crippen molar-refractivity contribution in [3.8, 4) is 0 Å². The maximum Gasteiger partial charge on any atom is 0.153 e. The number of nitrogens with zero attached hydrogens (tertiary/aromatic N) is 2. The predicted molar refractivity (Wildman–Crippen MR) is 42.4 cm³/mol. The Morgan fingerprint density at radius 3 is 3.09 bits per heavy atom. The molecule has 0 saturated heterocycles. The average molecular weight is 150 g/mol. The number of aldehydes is 1. The van der Waals surface area contributed by atoms with Gasteiger partial charge in [0.2, 0.25) is 0 Å². The molecule has 0 radical (unpaired) electrons. The Hall–Kier alpha value is -1.38. The van der Waals surface area contributed by atoms with Crippen LogP contribution in [0, 0.1) is 0 Å². The first-order valence-electron chi connectivity index (χ1n) is 3.34. The summed E-state index contributed by atoms with van der Waals surface area (Å²) in [6.45, 7) is 6.33. The zero-order valence-corrected chi connectivity index (χ0v) is 6.45. The second-order valence-corrected chi connectivity index (χ2v) is 2.55. The molecule has 1 aromatic rings. The molecule has 0 bridgehead atoms. The van der Waals surface area contributed by atoms with Crippen molar-refractivity contribution in [3.63, 3.8) is 0 Å². The van der Waals surface area contributed by atoms with E-state index in [9.17, 15) is 4.79 Å². The number of carbonyl (C=O) groups is 1. The summed E-state index contributed by atoms with van der Waals surface area (Å²) in [6.07, 6.45) is 4.01. The molecule has 0 unspecified atom stereocenters. The van der Waals surface area contributed by atoms with Gasteiger partial charge in [-0.15, -0.1) is 0 Å². The van der Waals surface area contributed by atoms with Crippen molar-refractivity contribution in [2.45, 2.75) is 13.5 Å². The standard InChI is InChI=1S/C8H10N2O/c1-7(2)4-10-5-8(6-11)3-9-10/h3,5-6H,1,4H2,2H3. The van der Waals surface area contributed by atoms with E-state index in [-0.39, 0.29) is 0 Å². The van der Waals surface area contributed by atoms with Crippen molar-refractivity contribution in [1.29, 1.82) is 0 Å². The quantitative estimate of drug-likeness (QED) is 0.480. The third kappa shape index (κ3) is 2.04. The second-order valence-electron chi connectivity index (χ2n) is 2.55. The average Bonchev–Trinajstić information content (AvgIpc) is 2.34. The lowest BCUT2D eigenvalue weighted by atomic mass is 10.3. The van der Waals surface area contributed by atoms with E-state index in [2.05, 4.69) is 11.7 Å². The van der Waals surface area contributed by atoms with Crippen LogP contribution in [0.4, 0.5) is 0 Å². The van der Waals surface area contributed by atoms with Gasteiger partial charge in [0.25, 0.3) is 0 Å². The maximum absolute atomic E-state index is 10.2. The van der Waals surface area contributed by atoms with Crippen molar-refractivity contribution in [3.05, 3.63) is 30.1 Å². The van der Waals surface area contributed by atoms with Crippen molar-refractivity contribution in [2.24, 2.45) is 0 Å². The summed E-state index contributed by atoms with van der Waals surface area (Å²) >= 11 is 0. The Bertz CT molecular complexity index is 275. The molecule has 0 N–H and O–H groups in total. The Morgan fingerprint density at radius 1 is 1.91 bits per heavy atom. The highest BCUT2D eigenvalue weighted by molar-refractivity contribution is 5.73. The van der Waals surface area contributed by atoms with E-state index in [1.54, 1.807) is 10.9 Å². The Morgan fingerprint density at radius 2 is 2.64 bits per heavy atom. The molecule has 3 heteroatoms. The normalized spacial score (nSPS) is 9.55. The minimum atomic E-state index is 0.603. The molecule has 0 fully saturated rings. The molecule has 1 aromatic heterocycles. The van der Waals surface area contributed by atoms with Gasteiger partial charge in [0.1, 0.15) is 0 Å². The van der Waals surface area contributed by atoms with Crippen LogP contribution < -0.4 is 0 Å². The molecule has 11 heavy (non-hydrogen) atoms. The highest BCUT2D eigenvalue weighted by atomic mass is 16.1. The second kappa shape index (κ2) is 3.14. The smallest absolute Gasteiger partial charge is 0.153 e. The van der Waals surface area contributed by atoms with Gasteiger partial charge in [-0.25, -0.2) is 0 Å². The van der Waals surface area contributed by atoms with Gasteiger partial charge in [-0.05, 0) is 6.92 Å². The largest absolute Gasteiger partial charge is 0.298 e. The fourth-order valence-electron chi connectivity index (χ4n) is 0.803. The van der Waals surface area contributed by atoms with Crippen LogP contribution in [-0.2, 0) is 6.54 Å². The van der Waals surface area contributed by atoms with E-state index in [0.29, 0.717) is 12.1 Å². The number of rotatable bonds is 3. The summed E-state index contributed by atoms with van der Waals surface area (Å²) in [5.41, 5.74) is 1.62. The Balaban J connectivity index is 2.72. The third-order valence-corrected chi connectivity index (χ3v) is 1.22. The molecular weight excluding hydrogens is 140 g/mol. The number of carbonyl (C=O) groups excluding carboxylic acids is 1. The van der Waals surface area contributed by atoms with Gasteiger partial charge in [-0.1, -0.05) is 12.2 Å². The zero-order chi connectivity index (χ0) is 8.27. The topological polar surface area (TPSA) is 34.9 Å². The molecule has 0 amide bonds. The van der Waals surface area contributed by atoms with Crippen LogP contribution in [0.25, 0.3) is 0 Å². The minimum absolute atomic E-state index is 0.603. The van der Waals surface area contributed by atoms with Gasteiger partial charge < -0.3 is 0 Å². The third-order valence-electron chi connectivity index (χ3n) is 1.22. The summed E-state index contributed by atoms with van der Waals surface area (Å²) in [4.78, 5) is 10.2. The molecule has 0 aliphatic rings. The zero-order valence-electron chi connectivity index (χ0n) is 6.45. The SMILES string of the molecule is C=C(C)Cn1cc(C=O)cn1. The molecule has 0 spiro atoms. The molecule has 1 rings (SSSR count). The fourth-order valence-corrected chi connectivity index (χ4v) is 0.803. The predicted octanol–water partition coefficient (Wildman–Crippen LogP) is 1.27. The molecule has 0 aromatic carbocycles. The molecule has 58 valence electrons. The van der Waals surface area contributed by atoms with Crippen LogP contribution in [-0.4, -0.2) is 16.1 Å². The monoisotopic (exact) mass is 150 g/mol. The van der Waals surface area contributed by atoms with Crippen LogP contribution in [0.5, 0.6) is 0 Å². The number of aromatic nitrogens is 2. The highest BCUT2D eigenvalue weighted by Crippen LogP contribution is 1.97. The maximum atomic E-state index is 10.2. The van der Waals surface area contributed by atoms with Crippen molar-refractivity contribution >= 4 is 6.29 Å². The van der Waals surface area contributed by atoms with Crippen LogP contribution >= 0.6 is 0 Å². The summed E-state index contributed by atoms with van der Waals surface area (Å²) in [6, 6.07) is 0. The molecule has 1 heterocycles. The van der Waals surface area contributed by atoms with Crippen molar-refractivity contribution in [2.75, 3.05) is 0 Å². The van der Waals surface area contributed by atoms with Gasteiger partial charge in [0.15, 0.2) is 6.29 Å². The molecule has 0 aliphatic heterocycles. The Labute approximate surface area is 65.3 Å². The first-order chi connectivity index (χ1) is 5.22. The molecule has 0 saturated carbocycles. The fraction of sp³-hybridized carbons (Fsp3) is 0.250. The van der Waals surface area contributed by atoms with E-state index >= 15 is 0 Å². The first kappa shape index (κ1) is 7.72. The number of allylic oxidation sites excluding steroid dienone is 1. The summed E-state index contributed by atoms with van der Waals surface area (Å²) in [7, 11) is 0. The van der Waals surface area contributed by atoms with Crippen LogP contribution in [0.2, 0.25) is 0 Å². The molecule has 0 atom stereocenters.